The fraction of sp³-hybridized carbons (Fsp3) is 0.312. The maximum atomic E-state index is 12.3. The fourth-order valence-corrected chi connectivity index (χ4v) is 2.46. The lowest BCUT2D eigenvalue weighted by Crippen LogP contribution is -2.25. The molecule has 0 spiro atoms. The van der Waals surface area contributed by atoms with Gasteiger partial charge in [-0.25, -0.2) is 4.98 Å². The molecular weight excluding hydrogens is 314 g/mol. The number of fused-ring (bicyclic) bond motifs is 1. The molecule has 6 nitrogen and oxygen atoms in total. The third-order valence-electron chi connectivity index (χ3n) is 3.85. The average Bonchev–Trinajstić information content (AvgIpc) is 2.96. The van der Waals surface area contributed by atoms with Gasteiger partial charge in [0.15, 0.2) is 11.2 Å². The monoisotopic (exact) mass is 333 g/mol. The Hall–Kier alpha value is -2.34. The Morgan fingerprint density at radius 1 is 1.26 bits per heavy atom. The highest BCUT2D eigenvalue weighted by atomic mass is 35.5. The number of halogens is 1. The molecule has 0 saturated carbocycles. The molecule has 2 aromatic heterocycles. The molecule has 0 bridgehead atoms. The largest absolute Gasteiger partial charge is 0.369 e. The van der Waals surface area contributed by atoms with Gasteiger partial charge in [0, 0.05) is 6.54 Å². The van der Waals surface area contributed by atoms with E-state index in [1.807, 2.05) is 0 Å². The Balaban J connectivity index is 0.00000192. The van der Waals surface area contributed by atoms with Crippen molar-refractivity contribution in [2.24, 2.45) is 0 Å². The van der Waals surface area contributed by atoms with Crippen LogP contribution in [-0.4, -0.2) is 19.5 Å². The van der Waals surface area contributed by atoms with E-state index in [1.54, 1.807) is 0 Å². The summed E-state index contributed by atoms with van der Waals surface area (Å²) in [6, 6.07) is 8.45. The van der Waals surface area contributed by atoms with E-state index in [4.69, 9.17) is 5.73 Å². The highest BCUT2D eigenvalue weighted by molar-refractivity contribution is 5.85. The van der Waals surface area contributed by atoms with Gasteiger partial charge in [-0.3, -0.25) is 9.36 Å². The van der Waals surface area contributed by atoms with Crippen molar-refractivity contribution in [3.8, 4) is 0 Å². The lowest BCUT2D eigenvalue weighted by atomic mass is 10.0. The van der Waals surface area contributed by atoms with Crippen LogP contribution in [0.3, 0.4) is 0 Å². The highest BCUT2D eigenvalue weighted by Crippen LogP contribution is 2.15. The van der Waals surface area contributed by atoms with Crippen LogP contribution < -0.4 is 11.3 Å². The van der Waals surface area contributed by atoms with Gasteiger partial charge in [0.05, 0.1) is 6.33 Å². The first-order chi connectivity index (χ1) is 10.6. The van der Waals surface area contributed by atoms with Crippen molar-refractivity contribution in [2.75, 3.05) is 5.73 Å². The number of anilines is 1. The summed E-state index contributed by atoms with van der Waals surface area (Å²) in [7, 11) is 0. The summed E-state index contributed by atoms with van der Waals surface area (Å²) >= 11 is 0. The van der Waals surface area contributed by atoms with Crippen LogP contribution in [0.4, 0.5) is 5.95 Å². The second kappa shape index (κ2) is 6.83. The molecule has 0 radical (unpaired) electrons. The van der Waals surface area contributed by atoms with E-state index >= 15 is 0 Å². The third-order valence-corrected chi connectivity index (χ3v) is 3.85. The summed E-state index contributed by atoms with van der Waals surface area (Å²) in [5.41, 5.74) is 8.92. The number of nitrogen functional groups attached to an aromatic ring is 1. The number of imidazole rings is 1. The minimum atomic E-state index is -0.182. The topological polar surface area (TPSA) is 89.6 Å². The first kappa shape index (κ1) is 17.0. The van der Waals surface area contributed by atoms with Gasteiger partial charge < -0.3 is 10.7 Å². The van der Waals surface area contributed by atoms with Gasteiger partial charge in [0.25, 0.3) is 5.56 Å². The Kier molecular flexibility index (Phi) is 5.05. The van der Waals surface area contributed by atoms with Crippen LogP contribution in [0.25, 0.3) is 11.2 Å². The van der Waals surface area contributed by atoms with Crippen LogP contribution in [0.2, 0.25) is 0 Å². The lowest BCUT2D eigenvalue weighted by Gasteiger charge is -2.10. The second-order valence-corrected chi connectivity index (χ2v) is 5.67. The second-order valence-electron chi connectivity index (χ2n) is 5.67. The van der Waals surface area contributed by atoms with Crippen LogP contribution in [0.5, 0.6) is 0 Å². The summed E-state index contributed by atoms with van der Waals surface area (Å²) in [6.45, 7) is 4.83. The Bertz CT molecular complexity index is 851. The van der Waals surface area contributed by atoms with Gasteiger partial charge in [-0.1, -0.05) is 38.1 Å². The molecule has 2 heterocycles. The normalized spacial score (nSPS) is 10.9. The maximum absolute atomic E-state index is 12.3. The number of rotatable bonds is 4. The lowest BCUT2D eigenvalue weighted by molar-refractivity contribution is 0.673. The smallest absolute Gasteiger partial charge is 0.280 e. The van der Waals surface area contributed by atoms with Crippen molar-refractivity contribution in [1.29, 1.82) is 0 Å². The van der Waals surface area contributed by atoms with E-state index in [-0.39, 0.29) is 23.9 Å². The quantitative estimate of drug-likeness (QED) is 0.767. The van der Waals surface area contributed by atoms with E-state index < -0.39 is 0 Å². The molecule has 0 aliphatic carbocycles. The van der Waals surface area contributed by atoms with Gasteiger partial charge in [-0.15, -0.1) is 12.4 Å². The van der Waals surface area contributed by atoms with Crippen molar-refractivity contribution in [2.45, 2.75) is 32.7 Å². The molecule has 0 unspecified atom stereocenters. The van der Waals surface area contributed by atoms with Gasteiger partial charge in [-0.05, 0) is 23.5 Å². The molecule has 0 fully saturated rings. The minimum Gasteiger partial charge on any atom is -0.369 e. The summed E-state index contributed by atoms with van der Waals surface area (Å²) in [4.78, 5) is 23.3. The van der Waals surface area contributed by atoms with Gasteiger partial charge in [0.1, 0.15) is 0 Å². The van der Waals surface area contributed by atoms with E-state index in [1.165, 1.54) is 22.0 Å². The molecule has 3 N–H and O–H groups in total. The summed E-state index contributed by atoms with van der Waals surface area (Å²) in [5.74, 6) is 0.711. The number of nitrogens with zero attached hydrogens (tertiary/aromatic N) is 3. The number of hydrogen-bond acceptors (Lipinski definition) is 4. The summed E-state index contributed by atoms with van der Waals surface area (Å²) in [5, 5.41) is 0. The van der Waals surface area contributed by atoms with E-state index in [0.29, 0.717) is 23.6 Å². The predicted octanol–water partition coefficient (Wildman–Crippen LogP) is 2.49. The number of aromatic nitrogens is 4. The zero-order valence-electron chi connectivity index (χ0n) is 13.1. The summed E-state index contributed by atoms with van der Waals surface area (Å²) in [6.07, 6.45) is 2.18. The van der Waals surface area contributed by atoms with Gasteiger partial charge in [-0.2, -0.15) is 4.98 Å². The van der Waals surface area contributed by atoms with E-state index in [9.17, 15) is 4.79 Å². The van der Waals surface area contributed by atoms with Crippen molar-refractivity contribution >= 4 is 29.5 Å². The SMILES string of the molecule is CC(C)c1ccc(CCn2c(N)nc3nc[nH]c3c2=O)cc1.Cl. The molecule has 0 aliphatic heterocycles. The number of hydrogen-bond donors (Lipinski definition) is 2. The zero-order valence-corrected chi connectivity index (χ0v) is 13.9. The van der Waals surface area contributed by atoms with Crippen molar-refractivity contribution in [1.82, 2.24) is 19.5 Å². The average molecular weight is 334 g/mol. The van der Waals surface area contributed by atoms with Crippen LogP contribution >= 0.6 is 12.4 Å². The number of nitrogens with one attached hydrogen (secondary N) is 1. The van der Waals surface area contributed by atoms with Gasteiger partial charge in [0.2, 0.25) is 5.95 Å². The number of aromatic amines is 1. The molecular formula is C16H20ClN5O. The molecule has 1 aromatic carbocycles. The molecule has 3 aromatic rings. The molecule has 122 valence electrons. The number of H-pyrrole nitrogens is 1. The molecule has 0 amide bonds. The van der Waals surface area contributed by atoms with Crippen LogP contribution in [-0.2, 0) is 13.0 Å². The molecule has 0 atom stereocenters. The van der Waals surface area contributed by atoms with Crippen LogP contribution in [0, 0.1) is 0 Å². The first-order valence-corrected chi connectivity index (χ1v) is 7.34. The number of aryl methyl sites for hydroxylation is 1. The first-order valence-electron chi connectivity index (χ1n) is 7.34. The zero-order chi connectivity index (χ0) is 15.7. The maximum Gasteiger partial charge on any atom is 0.280 e. The van der Waals surface area contributed by atoms with Crippen molar-refractivity contribution < 1.29 is 0 Å². The standard InChI is InChI=1S/C16H19N5O.ClH/c1-10(2)12-5-3-11(4-6-12)7-8-21-15(22)13-14(19-9-18-13)20-16(21)17;/h3-6,9-10H,7-8H2,1-2H3,(H2,17,20)(H,18,19);1H. The molecule has 0 saturated heterocycles. The summed E-state index contributed by atoms with van der Waals surface area (Å²) < 4.78 is 1.48. The minimum absolute atomic E-state index is 0. The Morgan fingerprint density at radius 3 is 2.61 bits per heavy atom. The van der Waals surface area contributed by atoms with Gasteiger partial charge >= 0.3 is 0 Å². The van der Waals surface area contributed by atoms with Crippen LogP contribution in [0.1, 0.15) is 30.9 Å². The van der Waals surface area contributed by atoms with Crippen LogP contribution in [0.15, 0.2) is 35.4 Å². The Labute approximate surface area is 140 Å². The number of nitrogens with two attached hydrogens (primary N) is 1. The molecule has 0 aliphatic rings. The molecule has 3 rings (SSSR count). The molecule has 7 heteroatoms. The fourth-order valence-electron chi connectivity index (χ4n) is 2.46. The number of benzene rings is 1. The van der Waals surface area contributed by atoms with E-state index in [2.05, 4.69) is 53.1 Å². The van der Waals surface area contributed by atoms with E-state index in [0.717, 1.165) is 6.42 Å². The van der Waals surface area contributed by atoms with Crippen molar-refractivity contribution in [3.63, 3.8) is 0 Å². The Morgan fingerprint density at radius 2 is 1.96 bits per heavy atom. The predicted molar refractivity (Wildman–Crippen MR) is 94.0 cm³/mol. The van der Waals surface area contributed by atoms with Crippen molar-refractivity contribution in [3.05, 3.63) is 52.1 Å². The molecule has 23 heavy (non-hydrogen) atoms. The highest BCUT2D eigenvalue weighted by Gasteiger charge is 2.10. The third kappa shape index (κ3) is 3.37.